The quantitative estimate of drug-likeness (QED) is 0.470. The molecule has 1 N–H and O–H groups in total. The highest BCUT2D eigenvalue weighted by molar-refractivity contribution is 7.92. The smallest absolute Gasteiger partial charge is 0.244 e. The zero-order chi connectivity index (χ0) is 25.3. The van der Waals surface area contributed by atoms with E-state index in [-0.39, 0.29) is 12.5 Å². The minimum absolute atomic E-state index is 0.0862. The second-order valence-corrected chi connectivity index (χ2v) is 10.4. The third-order valence-electron chi connectivity index (χ3n) is 5.55. The maximum atomic E-state index is 13.6. The number of benzene rings is 2. The number of anilines is 1. The van der Waals surface area contributed by atoms with Gasteiger partial charge in [0, 0.05) is 18.1 Å². The van der Waals surface area contributed by atoms with Gasteiger partial charge in [-0.25, -0.2) is 8.42 Å². The molecule has 2 rings (SSSR count). The monoisotopic (exact) mass is 507 g/mol. The van der Waals surface area contributed by atoms with Gasteiger partial charge in [0.2, 0.25) is 21.8 Å². The number of halogens is 1. The third-order valence-corrected chi connectivity index (χ3v) is 7.05. The van der Waals surface area contributed by atoms with Crippen LogP contribution in [0.3, 0.4) is 0 Å². The van der Waals surface area contributed by atoms with Gasteiger partial charge in [0.25, 0.3) is 0 Å². The molecule has 7 nitrogen and oxygen atoms in total. The summed E-state index contributed by atoms with van der Waals surface area (Å²) in [5.74, 6) is -0.758. The number of carbonyl (C=O) groups is 2. The second-order valence-electron chi connectivity index (χ2n) is 8.12. The molecule has 0 bridgehead atoms. The molecule has 0 aliphatic rings. The normalized spacial score (nSPS) is 12.1. The molecule has 0 heterocycles. The van der Waals surface area contributed by atoms with Crippen molar-refractivity contribution < 1.29 is 18.0 Å². The molecule has 0 fully saturated rings. The van der Waals surface area contributed by atoms with Crippen molar-refractivity contribution in [2.24, 2.45) is 0 Å². The van der Waals surface area contributed by atoms with Gasteiger partial charge in [-0.3, -0.25) is 13.9 Å². The number of hydrogen-bond donors (Lipinski definition) is 1. The number of hydrogen-bond acceptors (Lipinski definition) is 4. The highest BCUT2D eigenvalue weighted by Crippen LogP contribution is 2.22. The molecule has 0 unspecified atom stereocenters. The first kappa shape index (κ1) is 27.7. The SMILES string of the molecule is CCCNC(=O)[C@H](CC)N(Cc1ccccc1Cl)C(=O)CN(c1ccc(CC)cc1)S(C)(=O)=O. The van der Waals surface area contributed by atoms with E-state index in [1.54, 1.807) is 36.4 Å². The summed E-state index contributed by atoms with van der Waals surface area (Å²) in [6, 6.07) is 13.4. The number of rotatable bonds is 12. The van der Waals surface area contributed by atoms with Crippen LogP contribution in [0.1, 0.15) is 44.7 Å². The number of carbonyl (C=O) groups excluding carboxylic acids is 2. The highest BCUT2D eigenvalue weighted by atomic mass is 35.5. The van der Waals surface area contributed by atoms with Crippen molar-refractivity contribution in [2.75, 3.05) is 23.7 Å². The van der Waals surface area contributed by atoms with E-state index >= 15 is 0 Å². The van der Waals surface area contributed by atoms with E-state index in [9.17, 15) is 18.0 Å². The van der Waals surface area contributed by atoms with Crippen LogP contribution in [-0.2, 0) is 32.6 Å². The number of amides is 2. The minimum atomic E-state index is -3.75. The van der Waals surface area contributed by atoms with Crippen molar-refractivity contribution in [2.45, 2.75) is 52.6 Å². The lowest BCUT2D eigenvalue weighted by Gasteiger charge is -2.33. The topological polar surface area (TPSA) is 86.8 Å². The fourth-order valence-corrected chi connectivity index (χ4v) is 4.65. The summed E-state index contributed by atoms with van der Waals surface area (Å²) in [7, 11) is -3.75. The summed E-state index contributed by atoms with van der Waals surface area (Å²) in [4.78, 5) is 27.9. The van der Waals surface area contributed by atoms with E-state index in [1.165, 1.54) is 4.90 Å². The first-order valence-corrected chi connectivity index (χ1v) is 13.7. The van der Waals surface area contributed by atoms with E-state index < -0.39 is 28.5 Å². The van der Waals surface area contributed by atoms with Gasteiger partial charge < -0.3 is 10.2 Å². The fraction of sp³-hybridized carbons (Fsp3) is 0.440. The van der Waals surface area contributed by atoms with Crippen LogP contribution in [0.4, 0.5) is 5.69 Å². The Bertz CT molecular complexity index is 1070. The first-order chi connectivity index (χ1) is 16.1. The summed E-state index contributed by atoms with van der Waals surface area (Å²) in [5, 5.41) is 3.32. The van der Waals surface area contributed by atoms with Gasteiger partial charge in [0.15, 0.2) is 0 Å². The van der Waals surface area contributed by atoms with E-state index in [0.717, 1.165) is 29.0 Å². The van der Waals surface area contributed by atoms with E-state index in [4.69, 9.17) is 11.6 Å². The molecular weight excluding hydrogens is 474 g/mol. The molecule has 9 heteroatoms. The molecule has 0 aliphatic heterocycles. The number of nitrogens with one attached hydrogen (secondary N) is 1. The van der Waals surface area contributed by atoms with Crippen molar-refractivity contribution in [3.05, 3.63) is 64.7 Å². The van der Waals surface area contributed by atoms with Gasteiger partial charge >= 0.3 is 0 Å². The Balaban J connectivity index is 2.42. The molecule has 0 radical (unpaired) electrons. The third kappa shape index (κ3) is 7.46. The van der Waals surface area contributed by atoms with Gasteiger partial charge in [0.05, 0.1) is 11.9 Å². The number of aryl methyl sites for hydroxylation is 1. The van der Waals surface area contributed by atoms with Crippen molar-refractivity contribution >= 4 is 39.1 Å². The lowest BCUT2D eigenvalue weighted by atomic mass is 10.1. The van der Waals surface area contributed by atoms with Gasteiger partial charge in [-0.05, 0) is 48.6 Å². The Morgan fingerprint density at radius 3 is 2.21 bits per heavy atom. The number of sulfonamides is 1. The zero-order valence-electron chi connectivity index (χ0n) is 20.3. The van der Waals surface area contributed by atoms with Crippen LogP contribution < -0.4 is 9.62 Å². The maximum Gasteiger partial charge on any atom is 0.244 e. The predicted octanol–water partition coefficient (Wildman–Crippen LogP) is 4.00. The van der Waals surface area contributed by atoms with Gasteiger partial charge in [-0.2, -0.15) is 0 Å². The standard InChI is InChI=1S/C25H34ClN3O4S/c1-5-16-27-25(31)23(7-3)28(17-20-10-8-9-11-22(20)26)24(30)18-29(34(4,32)33)21-14-12-19(6-2)13-15-21/h8-15,23H,5-7,16-18H2,1-4H3,(H,27,31)/t23-/m0/s1. The molecule has 1 atom stereocenters. The van der Waals surface area contributed by atoms with Crippen LogP contribution in [0.2, 0.25) is 5.02 Å². The molecule has 0 saturated heterocycles. The lowest BCUT2D eigenvalue weighted by molar-refractivity contribution is -0.140. The Morgan fingerprint density at radius 1 is 1.03 bits per heavy atom. The summed E-state index contributed by atoms with van der Waals surface area (Å²) < 4.78 is 26.3. The molecule has 186 valence electrons. The van der Waals surface area contributed by atoms with Gasteiger partial charge in [-0.15, -0.1) is 0 Å². The second kappa shape index (κ2) is 12.8. The van der Waals surface area contributed by atoms with Crippen molar-refractivity contribution in [1.29, 1.82) is 0 Å². The van der Waals surface area contributed by atoms with Crippen LogP contribution >= 0.6 is 11.6 Å². The summed E-state index contributed by atoms with van der Waals surface area (Å²) >= 11 is 6.34. The molecule has 0 aromatic heterocycles. The summed E-state index contributed by atoms with van der Waals surface area (Å²) in [5.41, 5.74) is 2.13. The van der Waals surface area contributed by atoms with E-state index in [0.29, 0.717) is 29.2 Å². The Kier molecular flexibility index (Phi) is 10.4. The molecular formula is C25H34ClN3O4S. The maximum absolute atomic E-state index is 13.6. The molecule has 0 spiro atoms. The molecule has 2 amide bonds. The minimum Gasteiger partial charge on any atom is -0.354 e. The predicted molar refractivity (Wildman–Crippen MR) is 137 cm³/mol. The fourth-order valence-electron chi connectivity index (χ4n) is 3.61. The van der Waals surface area contributed by atoms with Crippen LogP contribution in [0.25, 0.3) is 0 Å². The van der Waals surface area contributed by atoms with Crippen molar-refractivity contribution in [1.82, 2.24) is 10.2 Å². The first-order valence-electron chi connectivity index (χ1n) is 11.5. The van der Waals surface area contributed by atoms with E-state index in [2.05, 4.69) is 5.32 Å². The van der Waals surface area contributed by atoms with Crippen LogP contribution in [0.15, 0.2) is 48.5 Å². The average molecular weight is 508 g/mol. The highest BCUT2D eigenvalue weighted by Gasteiger charge is 2.31. The summed E-state index contributed by atoms with van der Waals surface area (Å²) in [6.07, 6.45) is 3.01. The van der Waals surface area contributed by atoms with Crippen LogP contribution in [0, 0.1) is 0 Å². The largest absolute Gasteiger partial charge is 0.354 e. The molecule has 0 saturated carbocycles. The molecule has 34 heavy (non-hydrogen) atoms. The molecule has 0 aliphatic carbocycles. The van der Waals surface area contributed by atoms with Crippen molar-refractivity contribution in [3.8, 4) is 0 Å². The Labute approximate surface area is 208 Å². The number of nitrogens with zero attached hydrogens (tertiary/aromatic N) is 2. The average Bonchev–Trinajstić information content (AvgIpc) is 2.81. The summed E-state index contributed by atoms with van der Waals surface area (Å²) in [6.45, 7) is 5.93. The van der Waals surface area contributed by atoms with Crippen LogP contribution in [0.5, 0.6) is 0 Å². The Hall–Kier alpha value is -2.58. The Morgan fingerprint density at radius 2 is 1.68 bits per heavy atom. The van der Waals surface area contributed by atoms with Gasteiger partial charge in [0.1, 0.15) is 12.6 Å². The van der Waals surface area contributed by atoms with E-state index in [1.807, 2.05) is 32.9 Å². The van der Waals surface area contributed by atoms with Gasteiger partial charge in [-0.1, -0.05) is 62.7 Å². The molecule has 2 aromatic carbocycles. The lowest BCUT2D eigenvalue weighted by Crippen LogP contribution is -2.52. The van der Waals surface area contributed by atoms with Crippen molar-refractivity contribution in [3.63, 3.8) is 0 Å². The van der Waals surface area contributed by atoms with Crippen LogP contribution in [-0.4, -0.2) is 50.5 Å². The molecule has 2 aromatic rings. The zero-order valence-corrected chi connectivity index (χ0v) is 21.8.